The highest BCUT2D eigenvalue weighted by molar-refractivity contribution is 7.99. The highest BCUT2D eigenvalue weighted by Crippen LogP contribution is 2.24. The van der Waals surface area contributed by atoms with Crippen molar-refractivity contribution >= 4 is 17.7 Å². The van der Waals surface area contributed by atoms with Gasteiger partial charge < -0.3 is 10.1 Å². The molecule has 1 rings (SSSR count). The highest BCUT2D eigenvalue weighted by Gasteiger charge is 2.16. The van der Waals surface area contributed by atoms with Gasteiger partial charge in [-0.3, -0.25) is 4.79 Å². The van der Waals surface area contributed by atoms with Crippen LogP contribution in [0.1, 0.15) is 26.2 Å². The summed E-state index contributed by atoms with van der Waals surface area (Å²) in [6.07, 6.45) is 4.02. The van der Waals surface area contributed by atoms with Crippen molar-refractivity contribution in [1.82, 2.24) is 5.32 Å². The average Bonchev–Trinajstić information content (AvgIpc) is 2.29. The number of thioether (sulfide) groups is 1. The van der Waals surface area contributed by atoms with Crippen LogP contribution in [0.4, 0.5) is 0 Å². The van der Waals surface area contributed by atoms with Gasteiger partial charge in [0.25, 0.3) is 0 Å². The highest BCUT2D eigenvalue weighted by atomic mass is 32.2. The number of methoxy groups -OCH3 is 1. The lowest BCUT2D eigenvalue weighted by Gasteiger charge is -2.22. The molecule has 1 aliphatic heterocycles. The van der Waals surface area contributed by atoms with Gasteiger partial charge >= 0.3 is 5.97 Å². The second kappa shape index (κ2) is 7.12. The SMILES string of the molecule is COC(=O)C(C)CNCC1CCCCS1. The summed E-state index contributed by atoms with van der Waals surface area (Å²) in [5.41, 5.74) is 0. The minimum Gasteiger partial charge on any atom is -0.469 e. The van der Waals surface area contributed by atoms with Gasteiger partial charge in [-0.25, -0.2) is 0 Å². The van der Waals surface area contributed by atoms with Gasteiger partial charge in [0.1, 0.15) is 0 Å². The van der Waals surface area contributed by atoms with Crippen molar-refractivity contribution in [2.24, 2.45) is 5.92 Å². The topological polar surface area (TPSA) is 38.3 Å². The van der Waals surface area contributed by atoms with Gasteiger partial charge in [0, 0.05) is 18.3 Å². The van der Waals surface area contributed by atoms with Crippen LogP contribution < -0.4 is 5.32 Å². The molecular weight excluding hydrogens is 210 g/mol. The lowest BCUT2D eigenvalue weighted by Crippen LogP contribution is -2.32. The molecule has 0 amide bonds. The van der Waals surface area contributed by atoms with Crippen molar-refractivity contribution in [1.29, 1.82) is 0 Å². The van der Waals surface area contributed by atoms with E-state index < -0.39 is 0 Å². The van der Waals surface area contributed by atoms with Gasteiger partial charge in [-0.2, -0.15) is 11.8 Å². The van der Waals surface area contributed by atoms with Crippen molar-refractivity contribution in [2.75, 3.05) is 26.0 Å². The third-order valence-corrected chi connectivity index (χ3v) is 4.10. The standard InChI is InChI=1S/C11H21NO2S/c1-9(11(13)14-2)7-12-8-10-5-3-4-6-15-10/h9-10,12H,3-8H2,1-2H3. The lowest BCUT2D eigenvalue weighted by molar-refractivity contribution is -0.144. The normalized spacial score (nSPS) is 23.5. The Labute approximate surface area is 96.3 Å². The minimum absolute atomic E-state index is 0.0383. The molecule has 1 fully saturated rings. The molecule has 1 heterocycles. The van der Waals surface area contributed by atoms with Crippen molar-refractivity contribution < 1.29 is 9.53 Å². The Hall–Kier alpha value is -0.220. The van der Waals surface area contributed by atoms with Gasteiger partial charge in [0.05, 0.1) is 13.0 Å². The monoisotopic (exact) mass is 231 g/mol. The lowest BCUT2D eigenvalue weighted by atomic mass is 10.1. The van der Waals surface area contributed by atoms with Crippen molar-refractivity contribution in [3.8, 4) is 0 Å². The first-order valence-corrected chi connectivity index (χ1v) is 6.69. The zero-order valence-corrected chi connectivity index (χ0v) is 10.4. The molecule has 4 heteroatoms. The van der Waals surface area contributed by atoms with E-state index in [0.29, 0.717) is 0 Å². The predicted octanol–water partition coefficient (Wildman–Crippen LogP) is 1.67. The summed E-state index contributed by atoms with van der Waals surface area (Å²) in [5.74, 6) is 1.13. The summed E-state index contributed by atoms with van der Waals surface area (Å²) < 4.78 is 4.67. The Morgan fingerprint density at radius 1 is 1.60 bits per heavy atom. The van der Waals surface area contributed by atoms with Gasteiger partial charge in [-0.15, -0.1) is 0 Å². The molecule has 1 saturated heterocycles. The fourth-order valence-corrected chi connectivity index (χ4v) is 2.99. The summed E-state index contributed by atoms with van der Waals surface area (Å²) in [7, 11) is 1.44. The predicted molar refractivity (Wildman–Crippen MR) is 64.1 cm³/mol. The summed E-state index contributed by atoms with van der Waals surface area (Å²) in [6, 6.07) is 0. The molecular formula is C11H21NO2S. The van der Waals surface area contributed by atoms with Crippen molar-refractivity contribution in [2.45, 2.75) is 31.4 Å². The van der Waals surface area contributed by atoms with E-state index in [1.807, 2.05) is 6.92 Å². The third kappa shape index (κ3) is 4.89. The zero-order valence-electron chi connectivity index (χ0n) is 9.62. The quantitative estimate of drug-likeness (QED) is 0.731. The first-order chi connectivity index (χ1) is 7.24. The Kier molecular flexibility index (Phi) is 6.10. The third-order valence-electron chi connectivity index (χ3n) is 2.70. The largest absolute Gasteiger partial charge is 0.469 e. The van der Waals surface area contributed by atoms with Crippen molar-refractivity contribution in [3.63, 3.8) is 0 Å². The maximum Gasteiger partial charge on any atom is 0.309 e. The number of carbonyl (C=O) groups is 1. The number of nitrogens with one attached hydrogen (secondary N) is 1. The van der Waals surface area contributed by atoms with Crippen LogP contribution in [0.25, 0.3) is 0 Å². The van der Waals surface area contributed by atoms with Crippen LogP contribution in [0.15, 0.2) is 0 Å². The summed E-state index contributed by atoms with van der Waals surface area (Å²) in [4.78, 5) is 11.1. The van der Waals surface area contributed by atoms with Crippen LogP contribution in [0.3, 0.4) is 0 Å². The van der Waals surface area contributed by atoms with Gasteiger partial charge in [0.2, 0.25) is 0 Å². The van der Waals surface area contributed by atoms with E-state index in [1.165, 1.54) is 32.1 Å². The molecule has 0 aromatic carbocycles. The fraction of sp³-hybridized carbons (Fsp3) is 0.909. The molecule has 2 unspecified atom stereocenters. The Balaban J connectivity index is 2.07. The maximum absolute atomic E-state index is 11.1. The number of carbonyl (C=O) groups excluding carboxylic acids is 1. The number of esters is 1. The average molecular weight is 231 g/mol. The van der Waals surface area contributed by atoms with Crippen LogP contribution in [-0.4, -0.2) is 37.2 Å². The Bertz CT molecular complexity index is 193. The van der Waals surface area contributed by atoms with Crippen LogP contribution >= 0.6 is 11.8 Å². The van der Waals surface area contributed by atoms with Crippen LogP contribution in [-0.2, 0) is 9.53 Å². The molecule has 0 spiro atoms. The molecule has 0 saturated carbocycles. The first-order valence-electron chi connectivity index (χ1n) is 5.64. The molecule has 0 bridgehead atoms. The molecule has 15 heavy (non-hydrogen) atoms. The molecule has 3 nitrogen and oxygen atoms in total. The number of hydrogen-bond acceptors (Lipinski definition) is 4. The van der Waals surface area contributed by atoms with Crippen LogP contribution in [0.2, 0.25) is 0 Å². The molecule has 1 N–H and O–H groups in total. The number of ether oxygens (including phenoxy) is 1. The van der Waals surface area contributed by atoms with E-state index in [2.05, 4.69) is 21.8 Å². The van der Waals surface area contributed by atoms with Crippen LogP contribution in [0.5, 0.6) is 0 Å². The van der Waals surface area contributed by atoms with Crippen molar-refractivity contribution in [3.05, 3.63) is 0 Å². The molecule has 88 valence electrons. The van der Waals surface area contributed by atoms with Gasteiger partial charge in [-0.1, -0.05) is 13.3 Å². The van der Waals surface area contributed by atoms with E-state index in [1.54, 1.807) is 0 Å². The number of hydrogen-bond donors (Lipinski definition) is 1. The van der Waals surface area contributed by atoms with Gasteiger partial charge in [0.15, 0.2) is 0 Å². The van der Waals surface area contributed by atoms with E-state index in [9.17, 15) is 4.79 Å². The first kappa shape index (κ1) is 12.8. The second-order valence-corrected chi connectivity index (χ2v) is 5.48. The van der Waals surface area contributed by atoms with E-state index >= 15 is 0 Å². The molecule has 0 aromatic heterocycles. The summed E-state index contributed by atoms with van der Waals surface area (Å²) >= 11 is 2.05. The summed E-state index contributed by atoms with van der Waals surface area (Å²) in [5, 5.41) is 4.09. The molecule has 2 atom stereocenters. The summed E-state index contributed by atoms with van der Waals surface area (Å²) in [6.45, 7) is 3.64. The number of rotatable bonds is 5. The fourth-order valence-electron chi connectivity index (χ4n) is 1.71. The van der Waals surface area contributed by atoms with E-state index in [0.717, 1.165) is 18.3 Å². The molecule has 1 aliphatic rings. The smallest absolute Gasteiger partial charge is 0.309 e. The Morgan fingerprint density at radius 2 is 2.40 bits per heavy atom. The zero-order chi connectivity index (χ0) is 11.1. The minimum atomic E-state index is -0.126. The van der Waals surface area contributed by atoms with Crippen LogP contribution in [0, 0.1) is 5.92 Å². The molecule has 0 aromatic rings. The molecule has 0 radical (unpaired) electrons. The molecule has 0 aliphatic carbocycles. The maximum atomic E-state index is 11.1. The second-order valence-electron chi connectivity index (χ2n) is 4.07. The Morgan fingerprint density at radius 3 is 3.00 bits per heavy atom. The van der Waals surface area contributed by atoms with E-state index in [4.69, 9.17) is 0 Å². The van der Waals surface area contributed by atoms with E-state index in [-0.39, 0.29) is 11.9 Å². The van der Waals surface area contributed by atoms with Gasteiger partial charge in [-0.05, 0) is 18.6 Å².